The maximum Gasteiger partial charge on any atom is 0.323 e. The molecule has 0 aliphatic carbocycles. The van der Waals surface area contributed by atoms with Crippen molar-refractivity contribution in [3.63, 3.8) is 0 Å². The first kappa shape index (κ1) is 14.8. The number of carboxylic acid groups (broad SMARTS) is 1. The molecule has 0 radical (unpaired) electrons. The summed E-state index contributed by atoms with van der Waals surface area (Å²) in [5.74, 6) is 0.571. The van der Waals surface area contributed by atoms with Crippen LogP contribution in [0.1, 0.15) is 0 Å². The van der Waals surface area contributed by atoms with Crippen LogP contribution in [0.2, 0.25) is 0 Å². The Labute approximate surface area is 132 Å². The lowest BCUT2D eigenvalue weighted by Crippen LogP contribution is -2.10. The fourth-order valence-corrected chi connectivity index (χ4v) is 2.44. The Kier molecular flexibility index (Phi) is 3.84. The number of benzene rings is 1. The predicted molar refractivity (Wildman–Crippen MR) is 83.7 cm³/mol. The lowest BCUT2D eigenvalue weighted by atomic mass is 10.2. The molecule has 0 aliphatic heterocycles. The summed E-state index contributed by atoms with van der Waals surface area (Å²) >= 11 is 0. The van der Waals surface area contributed by atoms with E-state index < -0.39 is 5.97 Å². The van der Waals surface area contributed by atoms with Gasteiger partial charge in [-0.1, -0.05) is 6.07 Å². The number of fused-ring (bicyclic) bond motifs is 1. The van der Waals surface area contributed by atoms with Crippen LogP contribution in [0, 0.1) is 0 Å². The van der Waals surface area contributed by atoms with Crippen molar-refractivity contribution in [3.8, 4) is 23.0 Å². The van der Waals surface area contributed by atoms with Crippen LogP contribution < -0.4 is 9.47 Å². The highest BCUT2D eigenvalue weighted by molar-refractivity contribution is 5.85. The highest BCUT2D eigenvalue weighted by Gasteiger charge is 2.18. The summed E-state index contributed by atoms with van der Waals surface area (Å²) in [5.41, 5.74) is 1.86. The Bertz CT molecular complexity index is 859. The van der Waals surface area contributed by atoms with E-state index in [1.807, 2.05) is 6.07 Å². The van der Waals surface area contributed by atoms with Crippen LogP contribution in [0.25, 0.3) is 22.6 Å². The van der Waals surface area contributed by atoms with E-state index in [2.05, 4.69) is 9.97 Å². The number of ether oxygens (including phenoxy) is 2. The average Bonchev–Trinajstić information content (AvgIpc) is 2.91. The van der Waals surface area contributed by atoms with Gasteiger partial charge in [0.15, 0.2) is 17.3 Å². The summed E-state index contributed by atoms with van der Waals surface area (Å²) in [6.07, 6.45) is 1.64. The number of pyridine rings is 1. The third-order valence-electron chi connectivity index (χ3n) is 3.44. The molecule has 0 amide bonds. The van der Waals surface area contributed by atoms with Gasteiger partial charge in [0, 0.05) is 18.3 Å². The van der Waals surface area contributed by atoms with Crippen LogP contribution in [0.5, 0.6) is 11.5 Å². The summed E-state index contributed by atoms with van der Waals surface area (Å²) in [7, 11) is 3.07. The average molecular weight is 313 g/mol. The molecular formula is C16H15N3O4. The summed E-state index contributed by atoms with van der Waals surface area (Å²) in [6.45, 7) is -0.224. The van der Waals surface area contributed by atoms with Gasteiger partial charge in [0.2, 0.25) is 0 Å². The van der Waals surface area contributed by atoms with Gasteiger partial charge in [-0.3, -0.25) is 9.78 Å². The van der Waals surface area contributed by atoms with Crippen molar-refractivity contribution in [3.05, 3.63) is 36.5 Å². The standard InChI is InChI=1S/C16H15N3O4/c1-22-13-7-11-12(8-14(13)23-2)19(9-15(20)21)16(18-11)10-5-3-4-6-17-10/h3-8H,9H2,1-2H3,(H,20,21). The van der Waals surface area contributed by atoms with E-state index in [0.717, 1.165) is 0 Å². The van der Waals surface area contributed by atoms with Crippen LogP contribution in [0.4, 0.5) is 0 Å². The number of carbonyl (C=O) groups is 1. The predicted octanol–water partition coefficient (Wildman–Crippen LogP) is 2.20. The Hall–Kier alpha value is -3.09. The molecule has 0 spiro atoms. The molecule has 2 aromatic heterocycles. The largest absolute Gasteiger partial charge is 0.493 e. The van der Waals surface area contributed by atoms with Gasteiger partial charge in [-0.05, 0) is 12.1 Å². The number of aromatic nitrogens is 3. The topological polar surface area (TPSA) is 86.5 Å². The number of methoxy groups -OCH3 is 2. The van der Waals surface area contributed by atoms with E-state index in [0.29, 0.717) is 34.1 Å². The molecule has 1 aromatic carbocycles. The van der Waals surface area contributed by atoms with Crippen LogP contribution in [-0.4, -0.2) is 39.8 Å². The number of nitrogens with zero attached hydrogens (tertiary/aromatic N) is 3. The number of rotatable bonds is 5. The minimum Gasteiger partial charge on any atom is -0.493 e. The number of carboxylic acids is 1. The molecule has 118 valence electrons. The Morgan fingerprint density at radius 2 is 1.96 bits per heavy atom. The van der Waals surface area contributed by atoms with Gasteiger partial charge in [0.1, 0.15) is 12.2 Å². The van der Waals surface area contributed by atoms with Gasteiger partial charge in [-0.2, -0.15) is 0 Å². The zero-order chi connectivity index (χ0) is 16.4. The summed E-state index contributed by atoms with van der Waals surface area (Å²) in [5, 5.41) is 9.22. The molecule has 7 nitrogen and oxygen atoms in total. The summed E-state index contributed by atoms with van der Waals surface area (Å²) < 4.78 is 12.2. The molecule has 0 aliphatic rings. The molecule has 0 bridgehead atoms. The maximum absolute atomic E-state index is 11.2. The number of imidazole rings is 1. The van der Waals surface area contributed by atoms with Crippen LogP contribution >= 0.6 is 0 Å². The molecule has 3 aromatic rings. The second kappa shape index (κ2) is 5.96. The number of aliphatic carboxylic acids is 1. The van der Waals surface area contributed by atoms with Crippen molar-refractivity contribution in [2.75, 3.05) is 14.2 Å². The third-order valence-corrected chi connectivity index (χ3v) is 3.44. The molecule has 0 unspecified atom stereocenters. The third kappa shape index (κ3) is 2.68. The van der Waals surface area contributed by atoms with E-state index in [-0.39, 0.29) is 6.54 Å². The van der Waals surface area contributed by atoms with E-state index in [1.54, 1.807) is 35.0 Å². The van der Waals surface area contributed by atoms with Gasteiger partial charge in [-0.25, -0.2) is 4.98 Å². The smallest absolute Gasteiger partial charge is 0.323 e. The van der Waals surface area contributed by atoms with Crippen molar-refractivity contribution in [2.45, 2.75) is 6.54 Å². The normalized spacial score (nSPS) is 10.7. The van der Waals surface area contributed by atoms with E-state index >= 15 is 0 Å². The lowest BCUT2D eigenvalue weighted by molar-refractivity contribution is -0.137. The van der Waals surface area contributed by atoms with Gasteiger partial charge in [0.05, 0.1) is 25.3 Å². The zero-order valence-electron chi connectivity index (χ0n) is 12.7. The highest BCUT2D eigenvalue weighted by atomic mass is 16.5. The van der Waals surface area contributed by atoms with E-state index in [9.17, 15) is 9.90 Å². The van der Waals surface area contributed by atoms with Gasteiger partial charge in [-0.15, -0.1) is 0 Å². The second-order valence-electron chi connectivity index (χ2n) is 4.83. The van der Waals surface area contributed by atoms with Gasteiger partial charge < -0.3 is 19.1 Å². The maximum atomic E-state index is 11.2. The molecule has 1 N–H and O–H groups in total. The molecule has 0 fully saturated rings. The van der Waals surface area contributed by atoms with Crippen LogP contribution in [0.15, 0.2) is 36.5 Å². The Balaban J connectivity index is 2.29. The minimum atomic E-state index is -0.962. The molecule has 0 atom stereocenters. The quantitative estimate of drug-likeness (QED) is 0.777. The fraction of sp³-hybridized carbons (Fsp3) is 0.188. The van der Waals surface area contributed by atoms with Crippen molar-refractivity contribution in [2.24, 2.45) is 0 Å². The van der Waals surface area contributed by atoms with Gasteiger partial charge in [0.25, 0.3) is 0 Å². The van der Waals surface area contributed by atoms with E-state index in [4.69, 9.17) is 9.47 Å². The summed E-state index contributed by atoms with van der Waals surface area (Å²) in [6, 6.07) is 8.84. The second-order valence-corrected chi connectivity index (χ2v) is 4.83. The van der Waals surface area contributed by atoms with Crippen LogP contribution in [0.3, 0.4) is 0 Å². The molecule has 0 saturated carbocycles. The van der Waals surface area contributed by atoms with Crippen molar-refractivity contribution < 1.29 is 19.4 Å². The van der Waals surface area contributed by atoms with Crippen LogP contribution in [-0.2, 0) is 11.3 Å². The molecule has 3 rings (SSSR count). The first-order chi connectivity index (χ1) is 11.1. The SMILES string of the molecule is COc1cc2nc(-c3ccccn3)n(CC(=O)O)c2cc1OC. The molecular weight excluding hydrogens is 298 g/mol. The van der Waals surface area contributed by atoms with Crippen molar-refractivity contribution in [1.29, 1.82) is 0 Å². The Morgan fingerprint density at radius 3 is 2.57 bits per heavy atom. The lowest BCUT2D eigenvalue weighted by Gasteiger charge is -2.09. The number of hydrogen-bond donors (Lipinski definition) is 1. The monoisotopic (exact) mass is 313 g/mol. The van der Waals surface area contributed by atoms with Gasteiger partial charge >= 0.3 is 5.97 Å². The van der Waals surface area contributed by atoms with Crippen molar-refractivity contribution >= 4 is 17.0 Å². The van der Waals surface area contributed by atoms with Crippen molar-refractivity contribution in [1.82, 2.24) is 14.5 Å². The number of hydrogen-bond acceptors (Lipinski definition) is 5. The first-order valence-electron chi connectivity index (χ1n) is 6.89. The molecule has 23 heavy (non-hydrogen) atoms. The minimum absolute atomic E-state index is 0.224. The molecule has 0 saturated heterocycles. The Morgan fingerprint density at radius 1 is 1.22 bits per heavy atom. The first-order valence-corrected chi connectivity index (χ1v) is 6.89. The highest BCUT2D eigenvalue weighted by Crippen LogP contribution is 2.34. The van der Waals surface area contributed by atoms with E-state index in [1.165, 1.54) is 14.2 Å². The zero-order valence-corrected chi connectivity index (χ0v) is 12.7. The fourth-order valence-electron chi connectivity index (χ4n) is 2.44. The molecule has 7 heteroatoms. The molecule has 2 heterocycles. The summed E-state index contributed by atoms with van der Waals surface area (Å²) in [4.78, 5) is 20.0.